The molecule has 7 heteroatoms. The molecule has 3 aromatic rings. The van der Waals surface area contributed by atoms with E-state index in [1.54, 1.807) is 33.2 Å². The number of aryl methyl sites for hydroxylation is 2. The molecule has 0 N–H and O–H groups in total. The molecular formula is C20H21N5OS. The van der Waals surface area contributed by atoms with Crippen molar-refractivity contribution in [2.75, 3.05) is 11.4 Å². The number of hydrogen-bond donors (Lipinski definition) is 0. The Morgan fingerprint density at radius 2 is 2.07 bits per heavy atom. The van der Waals surface area contributed by atoms with Crippen LogP contribution in [0.5, 0.6) is 0 Å². The Balaban J connectivity index is 1.55. The minimum Gasteiger partial charge on any atom is -0.279 e. The van der Waals surface area contributed by atoms with Crippen LogP contribution in [-0.4, -0.2) is 32.4 Å². The van der Waals surface area contributed by atoms with Gasteiger partial charge in [-0.3, -0.25) is 9.69 Å². The van der Waals surface area contributed by atoms with Crippen LogP contribution in [0.15, 0.2) is 49.2 Å². The van der Waals surface area contributed by atoms with E-state index in [-0.39, 0.29) is 5.91 Å². The molecule has 0 radical (unpaired) electrons. The molecule has 0 spiro atoms. The molecule has 1 aliphatic rings. The van der Waals surface area contributed by atoms with Gasteiger partial charge in [-0.2, -0.15) is 0 Å². The van der Waals surface area contributed by atoms with Crippen LogP contribution in [-0.2, 0) is 19.4 Å². The molecule has 138 valence electrons. The number of rotatable bonds is 6. The molecule has 6 nitrogen and oxygen atoms in total. The number of amides is 1. The summed E-state index contributed by atoms with van der Waals surface area (Å²) in [6.45, 7) is 4.76. The van der Waals surface area contributed by atoms with Gasteiger partial charge in [-0.25, -0.2) is 9.67 Å². The molecule has 0 fully saturated rings. The van der Waals surface area contributed by atoms with Crippen LogP contribution < -0.4 is 4.90 Å². The van der Waals surface area contributed by atoms with Crippen molar-refractivity contribution < 1.29 is 4.79 Å². The van der Waals surface area contributed by atoms with Crippen molar-refractivity contribution in [2.24, 2.45) is 0 Å². The summed E-state index contributed by atoms with van der Waals surface area (Å²) in [6, 6.07) is 9.98. The maximum absolute atomic E-state index is 13.0. The molecule has 1 aliphatic carbocycles. The van der Waals surface area contributed by atoms with E-state index in [4.69, 9.17) is 4.98 Å². The van der Waals surface area contributed by atoms with Crippen LogP contribution in [0, 0.1) is 0 Å². The highest BCUT2D eigenvalue weighted by Gasteiger charge is 2.25. The number of carbonyl (C=O) groups is 1. The summed E-state index contributed by atoms with van der Waals surface area (Å²) in [6.07, 6.45) is 7.81. The summed E-state index contributed by atoms with van der Waals surface area (Å²) in [4.78, 5) is 20.7. The molecule has 0 aliphatic heterocycles. The largest absolute Gasteiger partial charge is 0.282 e. The van der Waals surface area contributed by atoms with Crippen LogP contribution >= 0.6 is 11.3 Å². The van der Waals surface area contributed by atoms with Gasteiger partial charge in [0, 0.05) is 11.4 Å². The van der Waals surface area contributed by atoms with Gasteiger partial charge in [0.1, 0.15) is 0 Å². The highest BCUT2D eigenvalue weighted by molar-refractivity contribution is 7.16. The van der Waals surface area contributed by atoms with Crippen molar-refractivity contribution >= 4 is 22.4 Å². The fourth-order valence-electron chi connectivity index (χ4n) is 3.21. The summed E-state index contributed by atoms with van der Waals surface area (Å²) in [5.41, 5.74) is 2.56. The number of fused-ring (bicyclic) bond motifs is 1. The zero-order valence-electron chi connectivity index (χ0n) is 15.0. The molecule has 27 heavy (non-hydrogen) atoms. The Labute approximate surface area is 162 Å². The zero-order valence-corrected chi connectivity index (χ0v) is 15.9. The van der Waals surface area contributed by atoms with Gasteiger partial charge < -0.3 is 0 Å². The predicted octanol–water partition coefficient (Wildman–Crippen LogP) is 3.49. The Morgan fingerprint density at radius 3 is 2.85 bits per heavy atom. The average molecular weight is 379 g/mol. The number of thiazole rings is 1. The summed E-state index contributed by atoms with van der Waals surface area (Å²) >= 11 is 1.61. The van der Waals surface area contributed by atoms with E-state index >= 15 is 0 Å². The molecular weight excluding hydrogens is 358 g/mol. The summed E-state index contributed by atoms with van der Waals surface area (Å²) in [7, 11) is 0. The Kier molecular flexibility index (Phi) is 5.11. The molecule has 0 saturated heterocycles. The molecule has 0 atom stereocenters. The number of benzene rings is 1. The lowest BCUT2D eigenvalue weighted by atomic mass is 10.0. The van der Waals surface area contributed by atoms with Crippen LogP contribution in [0.25, 0.3) is 0 Å². The third kappa shape index (κ3) is 3.83. The highest BCUT2D eigenvalue weighted by Crippen LogP contribution is 2.32. The Hall–Kier alpha value is -2.80. The van der Waals surface area contributed by atoms with Crippen molar-refractivity contribution in [3.63, 3.8) is 0 Å². The predicted molar refractivity (Wildman–Crippen MR) is 106 cm³/mol. The number of nitrogens with zero attached hydrogens (tertiary/aromatic N) is 5. The van der Waals surface area contributed by atoms with E-state index in [2.05, 4.69) is 16.9 Å². The lowest BCUT2D eigenvalue weighted by Gasteiger charge is -2.16. The maximum Gasteiger partial charge on any atom is 0.282 e. The van der Waals surface area contributed by atoms with Gasteiger partial charge in [0.2, 0.25) is 0 Å². The average Bonchev–Trinajstić information content (AvgIpc) is 3.33. The second kappa shape index (κ2) is 7.84. The first-order valence-electron chi connectivity index (χ1n) is 9.10. The first kappa shape index (κ1) is 17.6. The van der Waals surface area contributed by atoms with Gasteiger partial charge in [-0.1, -0.05) is 41.6 Å². The van der Waals surface area contributed by atoms with Crippen molar-refractivity contribution in [1.82, 2.24) is 20.0 Å². The molecule has 0 unspecified atom stereocenters. The normalized spacial score (nSPS) is 13.2. The summed E-state index contributed by atoms with van der Waals surface area (Å²) in [5.74, 6) is -0.194. The van der Waals surface area contributed by atoms with Crippen LogP contribution in [0.1, 0.15) is 39.5 Å². The topological polar surface area (TPSA) is 63.9 Å². The summed E-state index contributed by atoms with van der Waals surface area (Å²) < 4.78 is 1.68. The van der Waals surface area contributed by atoms with Gasteiger partial charge in [-0.15, -0.1) is 23.0 Å². The van der Waals surface area contributed by atoms with Gasteiger partial charge >= 0.3 is 0 Å². The second-order valence-electron chi connectivity index (χ2n) is 6.56. The van der Waals surface area contributed by atoms with Gasteiger partial charge in [0.05, 0.1) is 18.4 Å². The van der Waals surface area contributed by atoms with E-state index in [0.29, 0.717) is 18.8 Å². The summed E-state index contributed by atoms with van der Waals surface area (Å²) in [5, 5.41) is 8.92. The minimum atomic E-state index is -0.194. The smallest absolute Gasteiger partial charge is 0.279 e. The fraction of sp³-hybridized carbons (Fsp3) is 0.300. The lowest BCUT2D eigenvalue weighted by Crippen LogP contribution is -2.31. The van der Waals surface area contributed by atoms with E-state index < -0.39 is 0 Å². The van der Waals surface area contributed by atoms with E-state index in [1.165, 1.54) is 17.7 Å². The first-order chi connectivity index (χ1) is 13.2. The second-order valence-corrected chi connectivity index (χ2v) is 7.63. The van der Waals surface area contributed by atoms with Gasteiger partial charge in [-0.05, 0) is 31.2 Å². The molecule has 1 aromatic carbocycles. The number of carbonyl (C=O) groups excluding carboxylic acids is 1. The SMILES string of the molecule is C=CCN(C(=O)c1cn(Cc2ccccc2)nn1)c1nc2c(s1)CCCC2. The third-order valence-corrected chi connectivity index (χ3v) is 5.75. The van der Waals surface area contributed by atoms with Gasteiger partial charge in [0.25, 0.3) is 5.91 Å². The monoisotopic (exact) mass is 379 g/mol. The first-order valence-corrected chi connectivity index (χ1v) is 9.91. The standard InChI is InChI=1S/C20H21N5OS/c1-2-12-25(20-21-16-10-6-7-11-18(16)27-20)19(26)17-14-24(23-22-17)13-15-8-4-3-5-9-15/h2-5,8-9,14H,1,6-7,10-13H2. The number of hydrogen-bond acceptors (Lipinski definition) is 5. The number of aromatic nitrogens is 4. The quantitative estimate of drug-likeness (QED) is 0.615. The lowest BCUT2D eigenvalue weighted by molar-refractivity contribution is 0.0985. The van der Waals surface area contributed by atoms with Crippen molar-refractivity contribution in [1.29, 1.82) is 0 Å². The molecule has 2 aromatic heterocycles. The minimum absolute atomic E-state index is 0.194. The van der Waals surface area contributed by atoms with E-state index in [9.17, 15) is 4.79 Å². The fourth-order valence-corrected chi connectivity index (χ4v) is 4.37. The van der Waals surface area contributed by atoms with E-state index in [1.807, 2.05) is 30.3 Å². The van der Waals surface area contributed by atoms with Crippen molar-refractivity contribution in [3.05, 3.63) is 71.0 Å². The zero-order chi connectivity index (χ0) is 18.6. The molecule has 0 saturated carbocycles. The van der Waals surface area contributed by atoms with Crippen molar-refractivity contribution in [2.45, 2.75) is 32.2 Å². The highest BCUT2D eigenvalue weighted by atomic mass is 32.1. The molecule has 2 heterocycles. The maximum atomic E-state index is 13.0. The van der Waals surface area contributed by atoms with E-state index in [0.717, 1.165) is 29.2 Å². The molecule has 4 rings (SSSR count). The Morgan fingerprint density at radius 1 is 1.26 bits per heavy atom. The van der Waals surface area contributed by atoms with Crippen molar-refractivity contribution in [3.8, 4) is 0 Å². The third-order valence-electron chi connectivity index (χ3n) is 4.57. The van der Waals surface area contributed by atoms with Crippen LogP contribution in [0.2, 0.25) is 0 Å². The Bertz CT molecular complexity index is 923. The molecule has 1 amide bonds. The van der Waals surface area contributed by atoms with Crippen LogP contribution in [0.3, 0.4) is 0 Å². The number of anilines is 1. The van der Waals surface area contributed by atoms with Gasteiger partial charge in [0.15, 0.2) is 10.8 Å². The molecule has 0 bridgehead atoms. The van der Waals surface area contributed by atoms with Crippen LogP contribution in [0.4, 0.5) is 5.13 Å².